The monoisotopic (exact) mass is 339 g/mol. The summed E-state index contributed by atoms with van der Waals surface area (Å²) in [4.78, 5) is 2.47. The molecular weight excluding hydrogens is 310 g/mol. The minimum absolute atomic E-state index is 0.150. The molecular formula is C17H29N3O2S. The van der Waals surface area contributed by atoms with E-state index in [1.54, 1.807) is 6.07 Å². The van der Waals surface area contributed by atoms with Crippen molar-refractivity contribution in [3.8, 4) is 0 Å². The molecule has 0 unspecified atom stereocenters. The molecule has 5 nitrogen and oxygen atoms in total. The van der Waals surface area contributed by atoms with Gasteiger partial charge in [-0.25, -0.2) is 8.42 Å². The number of anilines is 2. The molecule has 1 saturated heterocycles. The molecule has 0 bridgehead atoms. The minimum atomic E-state index is -3.24. The average Bonchev–Trinajstić information content (AvgIpc) is 2.49. The Kier molecular flexibility index (Phi) is 6.30. The maximum atomic E-state index is 11.9. The summed E-state index contributed by atoms with van der Waals surface area (Å²) in [7, 11) is -3.24. The van der Waals surface area contributed by atoms with Crippen LogP contribution in [0.1, 0.15) is 33.6 Å². The summed E-state index contributed by atoms with van der Waals surface area (Å²) in [5.41, 5.74) is 1.60. The molecule has 1 aliphatic heterocycles. The van der Waals surface area contributed by atoms with Gasteiger partial charge in [0, 0.05) is 24.8 Å². The van der Waals surface area contributed by atoms with Crippen LogP contribution in [0.5, 0.6) is 0 Å². The Labute approximate surface area is 140 Å². The molecule has 6 heteroatoms. The molecule has 23 heavy (non-hydrogen) atoms. The molecule has 1 aliphatic rings. The van der Waals surface area contributed by atoms with E-state index in [1.165, 1.54) is 0 Å². The number of benzene rings is 1. The summed E-state index contributed by atoms with van der Waals surface area (Å²) in [5, 5.41) is 3.57. The van der Waals surface area contributed by atoms with Gasteiger partial charge >= 0.3 is 0 Å². The first-order valence-corrected chi connectivity index (χ1v) is 10.2. The molecule has 2 N–H and O–H groups in total. The number of hydrogen-bond acceptors (Lipinski definition) is 4. The second-order valence-corrected chi connectivity index (χ2v) is 8.25. The van der Waals surface area contributed by atoms with Gasteiger partial charge in [-0.2, -0.15) is 0 Å². The molecule has 0 spiro atoms. The SMILES string of the molecule is CCCS(=O)(=O)Nc1cccc(N[C@H]2CCN(CC)C[C@@H]2C)c1. The zero-order valence-electron chi connectivity index (χ0n) is 14.4. The lowest BCUT2D eigenvalue weighted by Crippen LogP contribution is -2.45. The fourth-order valence-corrected chi connectivity index (χ4v) is 4.25. The fraction of sp³-hybridized carbons (Fsp3) is 0.647. The number of likely N-dealkylation sites (tertiary alicyclic amines) is 1. The van der Waals surface area contributed by atoms with Gasteiger partial charge in [0.05, 0.1) is 11.4 Å². The van der Waals surface area contributed by atoms with Crippen molar-refractivity contribution >= 4 is 21.4 Å². The van der Waals surface area contributed by atoms with Crippen molar-refractivity contribution in [2.45, 2.75) is 39.7 Å². The van der Waals surface area contributed by atoms with Crippen molar-refractivity contribution in [1.82, 2.24) is 4.90 Å². The third-order valence-corrected chi connectivity index (χ3v) is 5.89. The Hall–Kier alpha value is -1.27. The Bertz CT molecular complexity index is 604. The minimum Gasteiger partial charge on any atom is -0.382 e. The van der Waals surface area contributed by atoms with Crippen LogP contribution in [0.15, 0.2) is 24.3 Å². The topological polar surface area (TPSA) is 61.4 Å². The zero-order valence-corrected chi connectivity index (χ0v) is 15.2. The summed E-state index contributed by atoms with van der Waals surface area (Å²) >= 11 is 0. The lowest BCUT2D eigenvalue weighted by molar-refractivity contribution is 0.179. The number of hydrogen-bond donors (Lipinski definition) is 2. The lowest BCUT2D eigenvalue weighted by atomic mass is 9.93. The number of nitrogens with zero attached hydrogens (tertiary/aromatic N) is 1. The Balaban J connectivity index is 2.00. The maximum Gasteiger partial charge on any atom is 0.232 e. The van der Waals surface area contributed by atoms with E-state index in [1.807, 2.05) is 25.1 Å². The highest BCUT2D eigenvalue weighted by Crippen LogP contribution is 2.23. The molecule has 2 rings (SSSR count). The molecule has 1 heterocycles. The van der Waals surface area contributed by atoms with Crippen LogP contribution in [0, 0.1) is 5.92 Å². The fourth-order valence-electron chi connectivity index (χ4n) is 3.12. The molecule has 0 amide bonds. The first kappa shape index (κ1) is 18.1. The molecule has 0 saturated carbocycles. The molecule has 2 atom stereocenters. The lowest BCUT2D eigenvalue weighted by Gasteiger charge is -2.37. The normalized spacial score (nSPS) is 22.7. The molecule has 0 aromatic heterocycles. The predicted molar refractivity (Wildman–Crippen MR) is 97.4 cm³/mol. The van der Waals surface area contributed by atoms with Gasteiger partial charge in [0.1, 0.15) is 0 Å². The summed E-state index contributed by atoms with van der Waals surface area (Å²) in [5.74, 6) is 0.723. The third-order valence-electron chi connectivity index (χ3n) is 4.40. The number of sulfonamides is 1. The van der Waals surface area contributed by atoms with Gasteiger partial charge in [-0.3, -0.25) is 4.72 Å². The van der Waals surface area contributed by atoms with Crippen molar-refractivity contribution in [1.29, 1.82) is 0 Å². The van der Waals surface area contributed by atoms with Crippen molar-refractivity contribution in [3.05, 3.63) is 24.3 Å². The van der Waals surface area contributed by atoms with Crippen LogP contribution in [0.4, 0.5) is 11.4 Å². The van der Waals surface area contributed by atoms with E-state index in [0.29, 0.717) is 24.1 Å². The highest BCUT2D eigenvalue weighted by molar-refractivity contribution is 7.92. The van der Waals surface area contributed by atoms with E-state index in [-0.39, 0.29) is 5.75 Å². The molecule has 1 aromatic rings. The molecule has 130 valence electrons. The number of piperidine rings is 1. The first-order chi connectivity index (χ1) is 10.9. The maximum absolute atomic E-state index is 11.9. The number of rotatable bonds is 7. The second-order valence-electron chi connectivity index (χ2n) is 6.41. The van der Waals surface area contributed by atoms with Gasteiger partial charge in [-0.05, 0) is 43.5 Å². The average molecular weight is 340 g/mol. The number of nitrogens with one attached hydrogen (secondary N) is 2. The summed E-state index contributed by atoms with van der Waals surface area (Å²) < 4.78 is 26.4. The van der Waals surface area contributed by atoms with E-state index in [4.69, 9.17) is 0 Å². The smallest absolute Gasteiger partial charge is 0.232 e. The third kappa shape index (κ3) is 5.39. The quantitative estimate of drug-likeness (QED) is 0.802. The molecule has 0 radical (unpaired) electrons. The highest BCUT2D eigenvalue weighted by Gasteiger charge is 2.25. The van der Waals surface area contributed by atoms with Crippen molar-refractivity contribution in [2.75, 3.05) is 35.4 Å². The molecule has 0 aliphatic carbocycles. The van der Waals surface area contributed by atoms with E-state index in [9.17, 15) is 8.42 Å². The first-order valence-electron chi connectivity index (χ1n) is 8.53. The van der Waals surface area contributed by atoms with E-state index >= 15 is 0 Å². The van der Waals surface area contributed by atoms with Gasteiger partial charge in [0.2, 0.25) is 10.0 Å². The van der Waals surface area contributed by atoms with Gasteiger partial charge in [0.25, 0.3) is 0 Å². The van der Waals surface area contributed by atoms with E-state index in [0.717, 1.165) is 31.7 Å². The van der Waals surface area contributed by atoms with Gasteiger partial charge in [-0.15, -0.1) is 0 Å². The van der Waals surface area contributed by atoms with Crippen LogP contribution in [0.3, 0.4) is 0 Å². The van der Waals surface area contributed by atoms with Crippen LogP contribution < -0.4 is 10.0 Å². The van der Waals surface area contributed by atoms with Crippen LogP contribution in [-0.4, -0.2) is 44.7 Å². The largest absolute Gasteiger partial charge is 0.382 e. The summed E-state index contributed by atoms with van der Waals surface area (Å²) in [6.07, 6.45) is 1.72. The van der Waals surface area contributed by atoms with Crippen LogP contribution in [0.25, 0.3) is 0 Å². The second kappa shape index (κ2) is 8.02. The summed E-state index contributed by atoms with van der Waals surface area (Å²) in [6, 6.07) is 7.99. The standard InChI is InChI=1S/C17H29N3O2S/c1-4-11-23(21,22)19-16-8-6-7-15(12-16)18-17-9-10-20(5-2)13-14(17)3/h6-8,12,14,17-19H,4-5,9-11,13H2,1-3H3/t14-,17-/m0/s1. The molecule has 1 fully saturated rings. The highest BCUT2D eigenvalue weighted by atomic mass is 32.2. The Morgan fingerprint density at radius 3 is 2.65 bits per heavy atom. The van der Waals surface area contributed by atoms with Crippen LogP contribution in [0.2, 0.25) is 0 Å². The van der Waals surface area contributed by atoms with E-state index < -0.39 is 10.0 Å². The van der Waals surface area contributed by atoms with Gasteiger partial charge < -0.3 is 10.2 Å². The Morgan fingerprint density at radius 1 is 1.26 bits per heavy atom. The zero-order chi connectivity index (χ0) is 16.9. The van der Waals surface area contributed by atoms with E-state index in [2.05, 4.69) is 28.8 Å². The molecule has 1 aromatic carbocycles. The predicted octanol–water partition coefficient (Wildman–Crippen LogP) is 2.98. The van der Waals surface area contributed by atoms with Crippen LogP contribution in [-0.2, 0) is 10.0 Å². The van der Waals surface area contributed by atoms with Crippen molar-refractivity contribution < 1.29 is 8.42 Å². The van der Waals surface area contributed by atoms with Crippen LogP contribution >= 0.6 is 0 Å². The van der Waals surface area contributed by atoms with Crippen molar-refractivity contribution in [3.63, 3.8) is 0 Å². The van der Waals surface area contributed by atoms with Crippen molar-refractivity contribution in [2.24, 2.45) is 5.92 Å². The van der Waals surface area contributed by atoms with Gasteiger partial charge in [0.15, 0.2) is 0 Å². The Morgan fingerprint density at radius 2 is 2.00 bits per heavy atom. The van der Waals surface area contributed by atoms with Gasteiger partial charge in [-0.1, -0.05) is 26.8 Å². The summed E-state index contributed by atoms with van der Waals surface area (Å²) in [6.45, 7) is 9.66.